The van der Waals surface area contributed by atoms with Crippen LogP contribution in [0.4, 0.5) is 0 Å². The van der Waals surface area contributed by atoms with Gasteiger partial charge in [0.25, 0.3) is 0 Å². The van der Waals surface area contributed by atoms with Gasteiger partial charge in [0, 0.05) is 6.54 Å². The van der Waals surface area contributed by atoms with Crippen LogP contribution in [0.2, 0.25) is 0 Å². The molecule has 0 aromatic heterocycles. The number of hydrogen-bond donors (Lipinski definition) is 2. The first kappa shape index (κ1) is 17.3. The molecule has 0 unspecified atom stereocenters. The molecule has 0 spiro atoms. The Morgan fingerprint density at radius 3 is 2.96 bits per heavy atom. The average Bonchev–Trinajstić information content (AvgIpc) is 2.58. The minimum absolute atomic E-state index is 0.306. The topological polar surface area (TPSA) is 32.3 Å². The van der Waals surface area contributed by atoms with E-state index in [0.29, 0.717) is 11.7 Å². The van der Waals surface area contributed by atoms with Crippen LogP contribution in [0, 0.1) is 5.92 Å². The molecule has 2 rings (SSSR count). The lowest BCUT2D eigenvalue weighted by atomic mass is 9.93. The third-order valence-electron chi connectivity index (χ3n) is 4.15. The largest absolute Gasteiger partial charge is 0.508 e. The maximum absolute atomic E-state index is 9.75. The number of piperidine rings is 1. The van der Waals surface area contributed by atoms with Crippen molar-refractivity contribution in [1.29, 1.82) is 0 Å². The highest BCUT2D eigenvalue weighted by Gasteiger charge is 2.10. The van der Waals surface area contributed by atoms with Crippen LogP contribution < -0.4 is 5.32 Å². The Bertz CT molecular complexity index is 593. The summed E-state index contributed by atoms with van der Waals surface area (Å²) in [6.45, 7) is 8.17. The van der Waals surface area contributed by atoms with E-state index in [1.807, 2.05) is 31.2 Å². The second kappa shape index (κ2) is 9.16. The zero-order chi connectivity index (χ0) is 16.5. The zero-order valence-electron chi connectivity index (χ0n) is 14.0. The molecule has 1 saturated heterocycles. The number of aliphatic hydroxyl groups is 1. The van der Waals surface area contributed by atoms with Crippen LogP contribution in [0.25, 0.3) is 0 Å². The van der Waals surface area contributed by atoms with Crippen LogP contribution in [0.3, 0.4) is 0 Å². The molecule has 0 saturated carbocycles. The Morgan fingerprint density at radius 2 is 2.30 bits per heavy atom. The van der Waals surface area contributed by atoms with Crippen LogP contribution in [-0.4, -0.2) is 18.2 Å². The van der Waals surface area contributed by atoms with E-state index in [1.54, 1.807) is 6.08 Å². The van der Waals surface area contributed by atoms with Gasteiger partial charge in [0.1, 0.15) is 5.76 Å². The molecule has 0 bridgehead atoms. The summed E-state index contributed by atoms with van der Waals surface area (Å²) >= 11 is 0. The first-order valence-electron chi connectivity index (χ1n) is 8.39. The minimum Gasteiger partial charge on any atom is -0.508 e. The monoisotopic (exact) mass is 309 g/mol. The van der Waals surface area contributed by atoms with Gasteiger partial charge in [0.15, 0.2) is 0 Å². The standard InChI is InChI=1S/C21H27NO/c1-3-8-21(19-12-6-13-20(23)15-19)18(4-2)11-5-9-17-10-7-14-22-16-17/h3-6,8-9,11,13,15,17,22-23H,2,7,10,12,14,16H2,1H3/b8-3-,9-5+,18-11+,21-19-/t17-/m1/s1. The second-order valence-corrected chi connectivity index (χ2v) is 5.93. The summed E-state index contributed by atoms with van der Waals surface area (Å²) in [5.41, 5.74) is 3.31. The fourth-order valence-electron chi connectivity index (χ4n) is 2.96. The molecule has 2 N–H and O–H groups in total. The van der Waals surface area contributed by atoms with Crippen LogP contribution in [-0.2, 0) is 0 Å². The number of allylic oxidation sites excluding steroid dienone is 11. The van der Waals surface area contributed by atoms with Crippen molar-refractivity contribution in [1.82, 2.24) is 5.32 Å². The first-order valence-corrected chi connectivity index (χ1v) is 8.39. The summed E-state index contributed by atoms with van der Waals surface area (Å²) in [4.78, 5) is 0. The molecule has 0 aromatic rings. The Morgan fingerprint density at radius 1 is 1.43 bits per heavy atom. The fraction of sp³-hybridized carbons (Fsp3) is 0.333. The minimum atomic E-state index is 0.306. The predicted molar refractivity (Wildman–Crippen MR) is 99.3 cm³/mol. The van der Waals surface area contributed by atoms with Crippen LogP contribution in [0.5, 0.6) is 0 Å². The van der Waals surface area contributed by atoms with Gasteiger partial charge in [-0.25, -0.2) is 0 Å². The lowest BCUT2D eigenvalue weighted by Crippen LogP contribution is -2.28. The van der Waals surface area contributed by atoms with Gasteiger partial charge in [-0.3, -0.25) is 0 Å². The highest BCUT2D eigenvalue weighted by molar-refractivity contribution is 5.54. The molecule has 1 heterocycles. The molecule has 1 atom stereocenters. The lowest BCUT2D eigenvalue weighted by molar-refractivity contribution is 0.430. The molecule has 0 amide bonds. The van der Waals surface area contributed by atoms with E-state index in [0.717, 1.165) is 36.2 Å². The molecule has 1 aliphatic heterocycles. The summed E-state index contributed by atoms with van der Waals surface area (Å²) in [5, 5.41) is 13.2. The van der Waals surface area contributed by atoms with E-state index < -0.39 is 0 Å². The molecule has 2 heteroatoms. The highest BCUT2D eigenvalue weighted by Crippen LogP contribution is 2.25. The number of rotatable bonds is 5. The van der Waals surface area contributed by atoms with Gasteiger partial charge in [-0.2, -0.15) is 0 Å². The number of nitrogens with one attached hydrogen (secondary N) is 1. The molecule has 0 aromatic carbocycles. The highest BCUT2D eigenvalue weighted by atomic mass is 16.3. The van der Waals surface area contributed by atoms with E-state index in [4.69, 9.17) is 0 Å². The summed E-state index contributed by atoms with van der Waals surface area (Å²) in [6, 6.07) is 0. The van der Waals surface area contributed by atoms with Crippen LogP contribution >= 0.6 is 0 Å². The summed E-state index contributed by atoms with van der Waals surface area (Å²) in [7, 11) is 0. The maximum atomic E-state index is 9.75. The van der Waals surface area contributed by atoms with Crippen molar-refractivity contribution < 1.29 is 5.11 Å². The maximum Gasteiger partial charge on any atom is 0.115 e. The van der Waals surface area contributed by atoms with Crippen molar-refractivity contribution >= 4 is 0 Å². The summed E-state index contributed by atoms with van der Waals surface area (Å²) < 4.78 is 0. The van der Waals surface area contributed by atoms with Gasteiger partial charge >= 0.3 is 0 Å². The summed E-state index contributed by atoms with van der Waals surface area (Å²) in [5.74, 6) is 0.922. The van der Waals surface area contributed by atoms with Crippen molar-refractivity contribution in [2.45, 2.75) is 26.2 Å². The van der Waals surface area contributed by atoms with Gasteiger partial charge in [-0.1, -0.05) is 49.1 Å². The molecule has 1 aliphatic carbocycles. The predicted octanol–water partition coefficient (Wildman–Crippen LogP) is 4.93. The third-order valence-corrected chi connectivity index (χ3v) is 4.15. The van der Waals surface area contributed by atoms with Gasteiger partial charge in [0.05, 0.1) is 0 Å². The van der Waals surface area contributed by atoms with Crippen molar-refractivity contribution in [3.8, 4) is 0 Å². The molecular weight excluding hydrogens is 282 g/mol. The van der Waals surface area contributed by atoms with Crippen molar-refractivity contribution in [3.05, 3.63) is 83.7 Å². The van der Waals surface area contributed by atoms with Crippen molar-refractivity contribution in [3.63, 3.8) is 0 Å². The average molecular weight is 309 g/mol. The number of hydrogen-bond acceptors (Lipinski definition) is 2. The number of aliphatic hydroxyl groups excluding tert-OH is 1. The smallest absolute Gasteiger partial charge is 0.115 e. The zero-order valence-corrected chi connectivity index (χ0v) is 14.0. The van der Waals surface area contributed by atoms with Gasteiger partial charge in [-0.15, -0.1) is 0 Å². The Labute approximate surface area is 140 Å². The first-order chi connectivity index (χ1) is 11.2. The van der Waals surface area contributed by atoms with Gasteiger partial charge in [0.2, 0.25) is 0 Å². The van der Waals surface area contributed by atoms with Crippen LogP contribution in [0.15, 0.2) is 83.7 Å². The molecular formula is C21H27NO. The Kier molecular flexibility index (Phi) is 6.89. The fourth-order valence-corrected chi connectivity index (χ4v) is 2.96. The van der Waals surface area contributed by atoms with E-state index in [-0.39, 0.29) is 0 Å². The SMILES string of the molecule is C=CC(=C\C=C\[C@@H]1CCCNC1)/C(/C=C\C)=C1\C=C(O)C=CC1. The molecule has 2 aliphatic rings. The van der Waals surface area contributed by atoms with E-state index >= 15 is 0 Å². The molecule has 2 nitrogen and oxygen atoms in total. The van der Waals surface area contributed by atoms with Crippen LogP contribution in [0.1, 0.15) is 26.2 Å². The summed E-state index contributed by atoms with van der Waals surface area (Å²) in [6.07, 6.45) is 21.4. The van der Waals surface area contributed by atoms with E-state index in [1.165, 1.54) is 12.8 Å². The molecule has 122 valence electrons. The van der Waals surface area contributed by atoms with Gasteiger partial charge < -0.3 is 10.4 Å². The third kappa shape index (κ3) is 5.26. The molecule has 0 radical (unpaired) electrons. The van der Waals surface area contributed by atoms with E-state index in [9.17, 15) is 5.11 Å². The van der Waals surface area contributed by atoms with Crippen molar-refractivity contribution in [2.75, 3.05) is 13.1 Å². The van der Waals surface area contributed by atoms with Gasteiger partial charge in [-0.05, 0) is 67.5 Å². The van der Waals surface area contributed by atoms with Crippen molar-refractivity contribution in [2.24, 2.45) is 5.92 Å². The Hall–Kier alpha value is -2.06. The molecule has 23 heavy (non-hydrogen) atoms. The van der Waals surface area contributed by atoms with E-state index in [2.05, 4.69) is 36.2 Å². The lowest BCUT2D eigenvalue weighted by Gasteiger charge is -2.19. The molecule has 1 fully saturated rings. The normalized spacial score (nSPS) is 25.0. The second-order valence-electron chi connectivity index (χ2n) is 5.93. The quantitative estimate of drug-likeness (QED) is 0.706. The Balaban J connectivity index is 2.23.